The molecule has 1 aromatic rings. The molecule has 0 aliphatic carbocycles. The number of nitrogens with one attached hydrogen (secondary N) is 2. The molecule has 3 N–H and O–H groups in total. The second-order valence-electron chi connectivity index (χ2n) is 5.15. The number of hydrogen-bond acceptors (Lipinski definition) is 6. The Morgan fingerprint density at radius 2 is 1.92 bits per heavy atom. The van der Waals surface area contributed by atoms with Crippen LogP contribution in [0.5, 0.6) is 11.5 Å². The van der Waals surface area contributed by atoms with Gasteiger partial charge in [-0.2, -0.15) is 5.10 Å². The molecule has 1 aromatic carbocycles. The average Bonchev–Trinajstić information content (AvgIpc) is 2.53. The van der Waals surface area contributed by atoms with Crippen molar-refractivity contribution in [3.63, 3.8) is 0 Å². The third-order valence-electron chi connectivity index (χ3n) is 2.62. The highest BCUT2D eigenvalue weighted by atomic mass is 16.5. The first-order valence-corrected chi connectivity index (χ1v) is 7.58. The van der Waals surface area contributed by atoms with Crippen molar-refractivity contribution < 1.29 is 29.0 Å². The number of rotatable bonds is 8. The number of hydrazone groups is 1. The van der Waals surface area contributed by atoms with Gasteiger partial charge in [0.15, 0.2) is 18.1 Å². The molecule has 0 saturated carbocycles. The lowest BCUT2D eigenvalue weighted by Crippen LogP contribution is -2.41. The van der Waals surface area contributed by atoms with E-state index >= 15 is 0 Å². The van der Waals surface area contributed by atoms with Crippen molar-refractivity contribution in [1.82, 2.24) is 10.7 Å². The number of aliphatic carboxylic acids is 1. The zero-order valence-electron chi connectivity index (χ0n) is 14.2. The van der Waals surface area contributed by atoms with E-state index in [1.54, 1.807) is 32.9 Å². The summed E-state index contributed by atoms with van der Waals surface area (Å²) >= 11 is 0. The maximum atomic E-state index is 11.5. The van der Waals surface area contributed by atoms with Crippen LogP contribution in [-0.4, -0.2) is 48.4 Å². The number of amides is 2. The highest BCUT2D eigenvalue weighted by molar-refractivity contribution is 6.35. The van der Waals surface area contributed by atoms with E-state index in [0.29, 0.717) is 17.9 Å². The van der Waals surface area contributed by atoms with E-state index in [9.17, 15) is 14.4 Å². The van der Waals surface area contributed by atoms with Gasteiger partial charge in [0.05, 0.1) is 12.8 Å². The number of benzene rings is 1. The molecule has 1 rings (SSSR count). The van der Waals surface area contributed by atoms with Crippen molar-refractivity contribution in [1.29, 1.82) is 0 Å². The predicted molar refractivity (Wildman–Crippen MR) is 89.8 cm³/mol. The van der Waals surface area contributed by atoms with E-state index in [-0.39, 0.29) is 11.8 Å². The molecule has 136 valence electrons. The van der Waals surface area contributed by atoms with Crippen molar-refractivity contribution in [3.8, 4) is 11.5 Å². The van der Waals surface area contributed by atoms with Crippen LogP contribution in [0, 0.1) is 0 Å². The number of carboxylic acid groups (broad SMARTS) is 1. The fourth-order valence-corrected chi connectivity index (χ4v) is 1.68. The molecule has 25 heavy (non-hydrogen) atoms. The summed E-state index contributed by atoms with van der Waals surface area (Å²) < 4.78 is 10.5. The summed E-state index contributed by atoms with van der Waals surface area (Å²) in [6, 6.07) is 4.55. The lowest BCUT2D eigenvalue weighted by molar-refractivity contribution is -0.139. The largest absolute Gasteiger partial charge is 0.490 e. The van der Waals surface area contributed by atoms with Crippen LogP contribution < -0.4 is 20.2 Å². The third-order valence-corrected chi connectivity index (χ3v) is 2.62. The molecule has 9 nitrogen and oxygen atoms in total. The number of ether oxygens (including phenoxy) is 2. The number of carbonyl (C=O) groups is 3. The number of carbonyl (C=O) groups excluding carboxylic acids is 2. The Labute approximate surface area is 145 Å². The Morgan fingerprint density at radius 1 is 1.20 bits per heavy atom. The topological polar surface area (TPSA) is 126 Å². The van der Waals surface area contributed by atoms with E-state index in [2.05, 4.69) is 15.8 Å². The van der Waals surface area contributed by atoms with Gasteiger partial charge in [0, 0.05) is 6.04 Å². The molecule has 0 aliphatic heterocycles. The molecule has 0 aromatic heterocycles. The Hall–Kier alpha value is -3.10. The van der Waals surface area contributed by atoms with Crippen molar-refractivity contribution in [2.45, 2.75) is 26.8 Å². The van der Waals surface area contributed by atoms with Crippen LogP contribution in [0.2, 0.25) is 0 Å². The van der Waals surface area contributed by atoms with Crippen LogP contribution in [0.25, 0.3) is 0 Å². The van der Waals surface area contributed by atoms with E-state index in [0.717, 1.165) is 0 Å². The summed E-state index contributed by atoms with van der Waals surface area (Å²) in [7, 11) is 0. The van der Waals surface area contributed by atoms with Crippen molar-refractivity contribution in [2.24, 2.45) is 5.10 Å². The predicted octanol–water partition coefficient (Wildman–Crippen LogP) is 0.523. The summed E-state index contributed by atoms with van der Waals surface area (Å²) in [5.41, 5.74) is 2.68. The van der Waals surface area contributed by atoms with E-state index < -0.39 is 24.4 Å². The molecule has 0 bridgehead atoms. The first-order chi connectivity index (χ1) is 11.8. The van der Waals surface area contributed by atoms with Crippen LogP contribution in [0.1, 0.15) is 26.3 Å². The van der Waals surface area contributed by atoms with Gasteiger partial charge in [-0.1, -0.05) is 0 Å². The zero-order chi connectivity index (χ0) is 18.8. The maximum Gasteiger partial charge on any atom is 0.341 e. The minimum absolute atomic E-state index is 0.158. The molecule has 0 unspecified atom stereocenters. The normalized spacial score (nSPS) is 10.6. The smallest absolute Gasteiger partial charge is 0.341 e. The first kappa shape index (κ1) is 19.9. The first-order valence-electron chi connectivity index (χ1n) is 7.58. The van der Waals surface area contributed by atoms with Gasteiger partial charge in [-0.15, -0.1) is 0 Å². The Kier molecular flexibility index (Phi) is 7.91. The van der Waals surface area contributed by atoms with Crippen LogP contribution in [-0.2, 0) is 14.4 Å². The summed E-state index contributed by atoms with van der Waals surface area (Å²) in [5.74, 6) is -2.13. The Bertz CT molecular complexity index is 657. The van der Waals surface area contributed by atoms with Crippen molar-refractivity contribution in [3.05, 3.63) is 23.8 Å². The van der Waals surface area contributed by atoms with Crippen molar-refractivity contribution in [2.75, 3.05) is 13.2 Å². The quantitative estimate of drug-likeness (QED) is 0.356. The van der Waals surface area contributed by atoms with E-state index in [1.807, 2.05) is 0 Å². The molecule has 0 spiro atoms. The van der Waals surface area contributed by atoms with Gasteiger partial charge in [0.1, 0.15) is 0 Å². The number of hydrogen-bond donors (Lipinski definition) is 3. The molecular formula is C16H21N3O6. The molecule has 0 atom stereocenters. The van der Waals surface area contributed by atoms with Crippen molar-refractivity contribution >= 4 is 24.0 Å². The monoisotopic (exact) mass is 351 g/mol. The summed E-state index contributed by atoms with van der Waals surface area (Å²) in [5, 5.41) is 14.8. The second-order valence-corrected chi connectivity index (χ2v) is 5.15. The molecule has 0 fully saturated rings. The van der Waals surface area contributed by atoms with Gasteiger partial charge < -0.3 is 19.9 Å². The summed E-state index contributed by atoms with van der Waals surface area (Å²) in [6.45, 7) is 5.11. The minimum Gasteiger partial charge on any atom is -0.490 e. The molecular weight excluding hydrogens is 330 g/mol. The van der Waals surface area contributed by atoms with Crippen LogP contribution in [0.15, 0.2) is 23.3 Å². The van der Waals surface area contributed by atoms with Gasteiger partial charge in [0.25, 0.3) is 0 Å². The lowest BCUT2D eigenvalue weighted by atomic mass is 10.2. The molecule has 9 heteroatoms. The standard InChI is InChI=1S/C16H21N3O6/c1-4-24-13-7-11(5-6-12(13)25-9-14(20)21)8-17-19-16(23)15(22)18-10(2)3/h5-8,10H,4,9H2,1-3H3,(H,18,22)(H,19,23)(H,20,21)/b17-8-. The minimum atomic E-state index is -1.10. The second kappa shape index (κ2) is 9.91. The van der Waals surface area contributed by atoms with E-state index in [1.165, 1.54) is 12.3 Å². The fraction of sp³-hybridized carbons (Fsp3) is 0.375. The summed E-state index contributed by atoms with van der Waals surface area (Å²) in [4.78, 5) is 33.5. The highest BCUT2D eigenvalue weighted by Gasteiger charge is 2.13. The Balaban J connectivity index is 2.74. The lowest BCUT2D eigenvalue weighted by Gasteiger charge is -2.11. The molecule has 0 aliphatic rings. The SMILES string of the molecule is CCOc1cc(/C=N\NC(=O)C(=O)NC(C)C)ccc1OCC(=O)O. The number of carboxylic acids is 1. The maximum absolute atomic E-state index is 11.5. The molecule has 2 amide bonds. The van der Waals surface area contributed by atoms with E-state index in [4.69, 9.17) is 14.6 Å². The zero-order valence-corrected chi connectivity index (χ0v) is 14.2. The Morgan fingerprint density at radius 3 is 2.52 bits per heavy atom. The van der Waals surface area contributed by atoms with Crippen LogP contribution in [0.3, 0.4) is 0 Å². The average molecular weight is 351 g/mol. The van der Waals surface area contributed by atoms with Crippen LogP contribution in [0.4, 0.5) is 0 Å². The van der Waals surface area contributed by atoms with Gasteiger partial charge in [-0.25, -0.2) is 10.2 Å². The molecule has 0 radical (unpaired) electrons. The molecule has 0 heterocycles. The van der Waals surface area contributed by atoms with Crippen LogP contribution >= 0.6 is 0 Å². The van der Waals surface area contributed by atoms with Gasteiger partial charge in [-0.05, 0) is 44.5 Å². The van der Waals surface area contributed by atoms with Gasteiger partial charge in [0.2, 0.25) is 0 Å². The highest BCUT2D eigenvalue weighted by Crippen LogP contribution is 2.28. The fourth-order valence-electron chi connectivity index (χ4n) is 1.68. The third kappa shape index (κ3) is 7.34. The van der Waals surface area contributed by atoms with Gasteiger partial charge >= 0.3 is 17.8 Å². The number of nitrogens with zero attached hydrogens (tertiary/aromatic N) is 1. The summed E-state index contributed by atoms with van der Waals surface area (Å²) in [6.07, 6.45) is 1.32. The van der Waals surface area contributed by atoms with Gasteiger partial charge in [-0.3, -0.25) is 9.59 Å². The molecule has 0 saturated heterocycles.